The topological polar surface area (TPSA) is 27.7 Å². The van der Waals surface area contributed by atoms with Crippen LogP contribution in [0.1, 0.15) is 18.4 Å². The standard InChI is InChI=1S/C20H22O3/c1-21-20(16-10-12-23-19(16)20)17-14(15-9-11-22-18(15)17)8-7-13-5-3-2-4-6-13/h2-8,15-16,18-19H,9-12H2,1H3/b8-7+/t15-,16+,18-,19-,20-/m0/s1. The average molecular weight is 310 g/mol. The first kappa shape index (κ1) is 14.0. The molecule has 23 heavy (non-hydrogen) atoms. The zero-order chi connectivity index (χ0) is 15.4. The molecule has 5 rings (SSSR count). The molecule has 2 aliphatic heterocycles. The van der Waals surface area contributed by atoms with Gasteiger partial charge in [-0.1, -0.05) is 42.5 Å². The van der Waals surface area contributed by atoms with Crippen LogP contribution in [-0.4, -0.2) is 38.1 Å². The maximum atomic E-state index is 6.01. The molecule has 0 spiro atoms. The lowest BCUT2D eigenvalue weighted by Crippen LogP contribution is -2.43. The summed E-state index contributed by atoms with van der Waals surface area (Å²) in [5, 5.41) is 0. The molecule has 0 bridgehead atoms. The van der Waals surface area contributed by atoms with E-state index >= 15 is 0 Å². The molecule has 0 amide bonds. The van der Waals surface area contributed by atoms with Gasteiger partial charge in [0.1, 0.15) is 5.60 Å². The van der Waals surface area contributed by atoms with Crippen molar-refractivity contribution in [1.29, 1.82) is 0 Å². The number of ether oxygens (including phenoxy) is 3. The number of methoxy groups -OCH3 is 1. The van der Waals surface area contributed by atoms with Crippen molar-refractivity contribution >= 4 is 6.08 Å². The summed E-state index contributed by atoms with van der Waals surface area (Å²) in [4.78, 5) is 0. The molecule has 1 aromatic carbocycles. The van der Waals surface area contributed by atoms with Crippen molar-refractivity contribution in [2.45, 2.75) is 30.7 Å². The Morgan fingerprint density at radius 3 is 2.65 bits per heavy atom. The van der Waals surface area contributed by atoms with Crippen LogP contribution in [0.5, 0.6) is 0 Å². The Hall–Kier alpha value is -1.42. The van der Waals surface area contributed by atoms with Crippen LogP contribution in [0.4, 0.5) is 0 Å². The van der Waals surface area contributed by atoms with Crippen molar-refractivity contribution in [2.75, 3.05) is 20.3 Å². The Bertz CT molecular complexity index is 665. The van der Waals surface area contributed by atoms with E-state index in [1.54, 1.807) is 0 Å². The Kier molecular flexibility index (Phi) is 3.06. The van der Waals surface area contributed by atoms with E-state index in [-0.39, 0.29) is 17.8 Å². The molecule has 3 nitrogen and oxygen atoms in total. The van der Waals surface area contributed by atoms with Crippen molar-refractivity contribution in [3.8, 4) is 0 Å². The fraction of sp³-hybridized carbons (Fsp3) is 0.500. The molecule has 0 aromatic heterocycles. The van der Waals surface area contributed by atoms with Crippen LogP contribution in [0.15, 0.2) is 47.6 Å². The Balaban J connectivity index is 1.51. The normalized spacial score (nSPS) is 41.1. The highest BCUT2D eigenvalue weighted by atomic mass is 16.6. The van der Waals surface area contributed by atoms with Gasteiger partial charge in [-0.15, -0.1) is 0 Å². The maximum Gasteiger partial charge on any atom is 0.124 e. The van der Waals surface area contributed by atoms with Crippen molar-refractivity contribution in [3.05, 3.63) is 53.1 Å². The molecule has 120 valence electrons. The summed E-state index contributed by atoms with van der Waals surface area (Å²) in [5.74, 6) is 1.06. The third kappa shape index (κ3) is 1.81. The number of rotatable bonds is 4. The van der Waals surface area contributed by atoms with E-state index in [4.69, 9.17) is 14.2 Å². The molecule has 2 aliphatic carbocycles. The lowest BCUT2D eigenvalue weighted by Gasteiger charge is -2.40. The highest BCUT2D eigenvalue weighted by Gasteiger charge is 2.74. The summed E-state index contributed by atoms with van der Waals surface area (Å²) in [6, 6.07) is 10.5. The number of fused-ring (bicyclic) bond motifs is 2. The van der Waals surface area contributed by atoms with Gasteiger partial charge in [-0.2, -0.15) is 0 Å². The molecule has 1 saturated carbocycles. The Morgan fingerprint density at radius 2 is 1.91 bits per heavy atom. The minimum atomic E-state index is -0.208. The molecule has 5 atom stereocenters. The summed E-state index contributed by atoms with van der Waals surface area (Å²) >= 11 is 0. The van der Waals surface area contributed by atoms with Gasteiger partial charge in [0.15, 0.2) is 0 Å². The van der Waals surface area contributed by atoms with Crippen molar-refractivity contribution in [3.63, 3.8) is 0 Å². The van der Waals surface area contributed by atoms with Crippen molar-refractivity contribution in [2.24, 2.45) is 11.8 Å². The highest BCUT2D eigenvalue weighted by Crippen LogP contribution is 2.65. The molecule has 0 N–H and O–H groups in total. The van der Waals surface area contributed by atoms with E-state index in [9.17, 15) is 0 Å². The van der Waals surface area contributed by atoms with E-state index in [0.717, 1.165) is 26.1 Å². The predicted octanol–water partition coefficient (Wildman–Crippen LogP) is 3.22. The largest absolute Gasteiger partial charge is 0.374 e. The van der Waals surface area contributed by atoms with Crippen LogP contribution in [0, 0.1) is 11.8 Å². The van der Waals surface area contributed by atoms with Gasteiger partial charge in [0.05, 0.1) is 12.2 Å². The Labute approximate surface area is 136 Å². The Morgan fingerprint density at radius 1 is 1.09 bits per heavy atom. The number of hydrogen-bond donors (Lipinski definition) is 0. The zero-order valence-electron chi connectivity index (χ0n) is 13.4. The predicted molar refractivity (Wildman–Crippen MR) is 87.9 cm³/mol. The summed E-state index contributed by atoms with van der Waals surface area (Å²) in [6.45, 7) is 1.73. The van der Waals surface area contributed by atoms with E-state index in [1.165, 1.54) is 16.7 Å². The van der Waals surface area contributed by atoms with Crippen LogP contribution >= 0.6 is 0 Å². The van der Waals surface area contributed by atoms with Gasteiger partial charge in [0.2, 0.25) is 0 Å². The lowest BCUT2D eigenvalue weighted by molar-refractivity contribution is -0.0136. The summed E-state index contributed by atoms with van der Waals surface area (Å²) in [6.07, 6.45) is 7.22. The van der Waals surface area contributed by atoms with E-state index in [2.05, 4.69) is 42.5 Å². The molecule has 3 fully saturated rings. The first-order chi connectivity index (χ1) is 11.4. The second-order valence-electron chi connectivity index (χ2n) is 6.98. The van der Waals surface area contributed by atoms with E-state index in [1.807, 2.05) is 7.11 Å². The van der Waals surface area contributed by atoms with E-state index < -0.39 is 0 Å². The maximum absolute atomic E-state index is 6.01. The van der Waals surface area contributed by atoms with Crippen LogP contribution in [0.3, 0.4) is 0 Å². The van der Waals surface area contributed by atoms with Crippen LogP contribution < -0.4 is 0 Å². The summed E-state index contributed by atoms with van der Waals surface area (Å²) < 4.78 is 17.9. The minimum Gasteiger partial charge on any atom is -0.374 e. The summed E-state index contributed by atoms with van der Waals surface area (Å²) in [7, 11) is 1.83. The molecule has 2 saturated heterocycles. The average Bonchev–Trinajstić information content (AvgIpc) is 2.95. The second kappa shape index (κ2) is 5.04. The van der Waals surface area contributed by atoms with Gasteiger partial charge in [0, 0.05) is 32.2 Å². The third-order valence-corrected chi connectivity index (χ3v) is 6.06. The molecule has 0 unspecified atom stereocenters. The third-order valence-electron chi connectivity index (χ3n) is 6.06. The fourth-order valence-corrected chi connectivity index (χ4v) is 4.93. The monoisotopic (exact) mass is 310 g/mol. The first-order valence-corrected chi connectivity index (χ1v) is 8.62. The highest BCUT2D eigenvalue weighted by molar-refractivity contribution is 5.61. The van der Waals surface area contributed by atoms with Crippen molar-refractivity contribution in [1.82, 2.24) is 0 Å². The molecule has 1 aromatic rings. The smallest absolute Gasteiger partial charge is 0.124 e. The van der Waals surface area contributed by atoms with E-state index in [0.29, 0.717) is 11.8 Å². The van der Waals surface area contributed by atoms with Gasteiger partial charge in [-0.3, -0.25) is 0 Å². The number of benzene rings is 1. The molecular formula is C20H22O3. The van der Waals surface area contributed by atoms with Gasteiger partial charge < -0.3 is 14.2 Å². The van der Waals surface area contributed by atoms with Crippen LogP contribution in [0.2, 0.25) is 0 Å². The number of allylic oxidation sites excluding steroid dienone is 1. The SMILES string of the molecule is CO[C@]1(C2=C(/C=C/c3ccccc3)[C@@H]3CCO[C@H]23)[C@@H]2CCO[C@@H]21. The number of hydrogen-bond acceptors (Lipinski definition) is 3. The lowest BCUT2D eigenvalue weighted by atomic mass is 9.70. The van der Waals surface area contributed by atoms with Gasteiger partial charge in [0.25, 0.3) is 0 Å². The molecular weight excluding hydrogens is 288 g/mol. The van der Waals surface area contributed by atoms with Gasteiger partial charge in [-0.05, 0) is 29.6 Å². The summed E-state index contributed by atoms with van der Waals surface area (Å²) in [5.41, 5.74) is 3.82. The second-order valence-corrected chi connectivity index (χ2v) is 6.98. The van der Waals surface area contributed by atoms with Crippen LogP contribution in [0.25, 0.3) is 6.08 Å². The van der Waals surface area contributed by atoms with Crippen molar-refractivity contribution < 1.29 is 14.2 Å². The fourth-order valence-electron chi connectivity index (χ4n) is 4.93. The van der Waals surface area contributed by atoms with Gasteiger partial charge >= 0.3 is 0 Å². The zero-order valence-corrected chi connectivity index (χ0v) is 13.4. The minimum absolute atomic E-state index is 0.208. The van der Waals surface area contributed by atoms with Crippen LogP contribution in [-0.2, 0) is 14.2 Å². The molecule has 4 aliphatic rings. The molecule has 2 heterocycles. The quantitative estimate of drug-likeness (QED) is 0.854. The van der Waals surface area contributed by atoms with Gasteiger partial charge in [-0.25, -0.2) is 0 Å². The molecule has 0 radical (unpaired) electrons. The molecule has 3 heteroatoms. The first-order valence-electron chi connectivity index (χ1n) is 8.62.